The minimum Gasteiger partial charge on any atom is -0.496 e. The minimum atomic E-state index is 0. The Hall–Kier alpha value is -1.96. The third-order valence-electron chi connectivity index (χ3n) is 3.40. The van der Waals surface area contributed by atoms with Gasteiger partial charge in [-0.1, -0.05) is 30.4 Å². The van der Waals surface area contributed by atoms with E-state index in [0.717, 1.165) is 41.6 Å². The van der Waals surface area contributed by atoms with Crippen LogP contribution >= 0.6 is 24.0 Å². The SMILES string of the molecule is C=C(C)CNC(=NCc1ccccc1OC)NCCc1ccco1.I. The van der Waals surface area contributed by atoms with Crippen LogP contribution in [-0.4, -0.2) is 26.2 Å². The Bertz CT molecular complexity index is 669. The lowest BCUT2D eigenvalue weighted by Gasteiger charge is -2.13. The summed E-state index contributed by atoms with van der Waals surface area (Å²) in [4.78, 5) is 4.64. The van der Waals surface area contributed by atoms with Crippen LogP contribution in [0.5, 0.6) is 5.75 Å². The predicted octanol–water partition coefficient (Wildman–Crippen LogP) is 3.76. The molecule has 0 spiro atoms. The maximum atomic E-state index is 5.37. The molecule has 1 heterocycles. The second-order valence-corrected chi connectivity index (χ2v) is 5.54. The zero-order valence-corrected chi connectivity index (χ0v) is 17.1. The lowest BCUT2D eigenvalue weighted by atomic mass is 10.2. The van der Waals surface area contributed by atoms with Gasteiger partial charge in [-0.15, -0.1) is 24.0 Å². The summed E-state index contributed by atoms with van der Waals surface area (Å²) in [5.74, 6) is 2.54. The zero-order chi connectivity index (χ0) is 17.2. The van der Waals surface area contributed by atoms with E-state index in [1.807, 2.05) is 43.3 Å². The van der Waals surface area contributed by atoms with Crippen molar-refractivity contribution in [3.8, 4) is 5.75 Å². The number of methoxy groups -OCH3 is 1. The lowest BCUT2D eigenvalue weighted by Crippen LogP contribution is -2.39. The smallest absolute Gasteiger partial charge is 0.191 e. The summed E-state index contributed by atoms with van der Waals surface area (Å²) < 4.78 is 10.7. The molecule has 0 radical (unpaired) electrons. The van der Waals surface area contributed by atoms with Crippen molar-refractivity contribution < 1.29 is 9.15 Å². The Morgan fingerprint density at radius 1 is 1.20 bits per heavy atom. The molecule has 1 aromatic heterocycles. The zero-order valence-electron chi connectivity index (χ0n) is 14.7. The average molecular weight is 455 g/mol. The fraction of sp³-hybridized carbons (Fsp3) is 0.316. The van der Waals surface area contributed by atoms with Crippen molar-refractivity contribution in [1.29, 1.82) is 0 Å². The van der Waals surface area contributed by atoms with Crippen LogP contribution in [0.25, 0.3) is 0 Å². The highest BCUT2D eigenvalue weighted by molar-refractivity contribution is 14.0. The highest BCUT2D eigenvalue weighted by Crippen LogP contribution is 2.17. The number of rotatable bonds is 8. The Morgan fingerprint density at radius 2 is 2.00 bits per heavy atom. The molecule has 0 atom stereocenters. The fourth-order valence-corrected chi connectivity index (χ4v) is 2.17. The predicted molar refractivity (Wildman–Crippen MR) is 113 cm³/mol. The first kappa shape index (κ1) is 21.1. The number of furan rings is 1. The van der Waals surface area contributed by atoms with Gasteiger partial charge in [-0.05, 0) is 25.1 Å². The van der Waals surface area contributed by atoms with Gasteiger partial charge >= 0.3 is 0 Å². The molecule has 0 saturated carbocycles. The molecule has 5 nitrogen and oxygen atoms in total. The van der Waals surface area contributed by atoms with Crippen molar-refractivity contribution in [2.24, 2.45) is 4.99 Å². The lowest BCUT2D eigenvalue weighted by molar-refractivity contribution is 0.410. The third kappa shape index (κ3) is 7.64. The molecule has 1 aromatic carbocycles. The number of nitrogens with one attached hydrogen (secondary N) is 2. The van der Waals surface area contributed by atoms with Gasteiger partial charge in [0.1, 0.15) is 11.5 Å². The van der Waals surface area contributed by atoms with Crippen molar-refractivity contribution in [2.45, 2.75) is 19.9 Å². The number of aliphatic imine (C=N–C) groups is 1. The van der Waals surface area contributed by atoms with E-state index in [4.69, 9.17) is 9.15 Å². The molecule has 0 saturated heterocycles. The number of hydrogen-bond acceptors (Lipinski definition) is 3. The topological polar surface area (TPSA) is 58.8 Å². The summed E-state index contributed by atoms with van der Waals surface area (Å²) in [5, 5.41) is 6.59. The molecule has 0 aliphatic heterocycles. The van der Waals surface area contributed by atoms with Gasteiger partial charge in [0.15, 0.2) is 5.96 Å². The summed E-state index contributed by atoms with van der Waals surface area (Å²) in [6.45, 7) is 7.85. The van der Waals surface area contributed by atoms with Crippen LogP contribution < -0.4 is 15.4 Å². The van der Waals surface area contributed by atoms with Gasteiger partial charge in [-0.2, -0.15) is 0 Å². The van der Waals surface area contributed by atoms with Crippen molar-refractivity contribution >= 4 is 29.9 Å². The van der Waals surface area contributed by atoms with Gasteiger partial charge < -0.3 is 19.8 Å². The van der Waals surface area contributed by atoms with E-state index in [0.29, 0.717) is 13.1 Å². The van der Waals surface area contributed by atoms with E-state index in [1.54, 1.807) is 13.4 Å². The molecule has 25 heavy (non-hydrogen) atoms. The van der Waals surface area contributed by atoms with Crippen molar-refractivity contribution in [3.63, 3.8) is 0 Å². The van der Waals surface area contributed by atoms with Crippen LogP contribution in [0.15, 0.2) is 64.2 Å². The first-order chi connectivity index (χ1) is 11.7. The number of ether oxygens (including phenoxy) is 1. The molecule has 2 aromatic rings. The number of hydrogen-bond donors (Lipinski definition) is 2. The Morgan fingerprint density at radius 3 is 2.68 bits per heavy atom. The van der Waals surface area contributed by atoms with E-state index in [2.05, 4.69) is 22.2 Å². The molecule has 0 aliphatic carbocycles. The molecule has 0 fully saturated rings. The van der Waals surface area contributed by atoms with Crippen LogP contribution in [0.4, 0.5) is 0 Å². The van der Waals surface area contributed by atoms with Gasteiger partial charge in [0.2, 0.25) is 0 Å². The Kier molecular flexibility index (Phi) is 9.76. The third-order valence-corrected chi connectivity index (χ3v) is 3.40. The Labute approximate surface area is 166 Å². The first-order valence-electron chi connectivity index (χ1n) is 8.00. The molecular formula is C19H26IN3O2. The average Bonchev–Trinajstić information content (AvgIpc) is 3.10. The number of halogens is 1. The molecule has 0 aliphatic rings. The number of benzene rings is 1. The van der Waals surface area contributed by atoms with E-state index >= 15 is 0 Å². The molecule has 0 bridgehead atoms. The molecule has 2 rings (SSSR count). The van der Waals surface area contributed by atoms with Crippen LogP contribution in [-0.2, 0) is 13.0 Å². The van der Waals surface area contributed by atoms with E-state index in [-0.39, 0.29) is 24.0 Å². The molecule has 2 N–H and O–H groups in total. The monoisotopic (exact) mass is 455 g/mol. The standard InChI is InChI=1S/C19H25N3O2.HI/c1-15(2)13-21-19(20-11-10-17-8-6-12-24-17)22-14-16-7-4-5-9-18(16)23-3;/h4-9,12H,1,10-11,13-14H2,2-3H3,(H2,20,21,22);1H. The van der Waals surface area contributed by atoms with E-state index in [9.17, 15) is 0 Å². The molecular weight excluding hydrogens is 429 g/mol. The number of nitrogens with zero attached hydrogens (tertiary/aromatic N) is 1. The van der Waals surface area contributed by atoms with Crippen LogP contribution in [0, 0.1) is 0 Å². The summed E-state index contributed by atoms with van der Waals surface area (Å²) in [6, 6.07) is 11.8. The second-order valence-electron chi connectivity index (χ2n) is 5.54. The minimum absolute atomic E-state index is 0. The summed E-state index contributed by atoms with van der Waals surface area (Å²) in [5.41, 5.74) is 2.09. The number of guanidine groups is 1. The molecule has 6 heteroatoms. The van der Waals surface area contributed by atoms with Crippen molar-refractivity contribution in [2.75, 3.05) is 20.2 Å². The van der Waals surface area contributed by atoms with Gasteiger partial charge in [0.25, 0.3) is 0 Å². The molecule has 0 unspecified atom stereocenters. The van der Waals surface area contributed by atoms with E-state index < -0.39 is 0 Å². The highest BCUT2D eigenvalue weighted by Gasteiger charge is 2.03. The first-order valence-corrected chi connectivity index (χ1v) is 8.00. The Balaban J connectivity index is 0.00000312. The molecule has 0 amide bonds. The van der Waals surface area contributed by atoms with Gasteiger partial charge in [-0.25, -0.2) is 4.99 Å². The van der Waals surface area contributed by atoms with Gasteiger partial charge in [0, 0.05) is 25.1 Å². The second kappa shape index (κ2) is 11.6. The quantitative estimate of drug-likeness (QED) is 0.276. The van der Waals surface area contributed by atoms with Crippen LogP contribution in [0.3, 0.4) is 0 Å². The van der Waals surface area contributed by atoms with Crippen molar-refractivity contribution in [1.82, 2.24) is 10.6 Å². The maximum Gasteiger partial charge on any atom is 0.191 e. The number of para-hydroxylation sites is 1. The highest BCUT2D eigenvalue weighted by atomic mass is 127. The van der Waals surface area contributed by atoms with Crippen LogP contribution in [0.1, 0.15) is 18.2 Å². The van der Waals surface area contributed by atoms with Crippen LogP contribution in [0.2, 0.25) is 0 Å². The normalized spacial score (nSPS) is 10.7. The van der Waals surface area contributed by atoms with Gasteiger partial charge in [-0.3, -0.25) is 0 Å². The summed E-state index contributed by atoms with van der Waals surface area (Å²) in [6.07, 6.45) is 2.49. The van der Waals surface area contributed by atoms with Gasteiger partial charge in [0.05, 0.1) is 19.9 Å². The summed E-state index contributed by atoms with van der Waals surface area (Å²) >= 11 is 0. The maximum absolute atomic E-state index is 5.37. The fourth-order valence-electron chi connectivity index (χ4n) is 2.17. The largest absolute Gasteiger partial charge is 0.496 e. The van der Waals surface area contributed by atoms with E-state index in [1.165, 1.54) is 0 Å². The summed E-state index contributed by atoms with van der Waals surface area (Å²) in [7, 11) is 1.67. The van der Waals surface area contributed by atoms with Crippen molar-refractivity contribution in [3.05, 3.63) is 66.1 Å². The molecule has 136 valence electrons.